The van der Waals surface area contributed by atoms with Crippen LogP contribution in [0.4, 0.5) is 0 Å². The van der Waals surface area contributed by atoms with E-state index in [1.54, 1.807) is 23.5 Å². The van der Waals surface area contributed by atoms with E-state index in [0.717, 1.165) is 16.9 Å². The molecule has 100 valence electrons. The lowest BCUT2D eigenvalue weighted by Gasteiger charge is -2.15. The number of nitrogens with two attached hydrogens (primary N) is 1. The van der Waals surface area contributed by atoms with E-state index < -0.39 is 0 Å². The molecule has 0 saturated heterocycles. The number of thiophene rings is 1. The summed E-state index contributed by atoms with van der Waals surface area (Å²) < 4.78 is 1.15. The molecule has 19 heavy (non-hydrogen) atoms. The summed E-state index contributed by atoms with van der Waals surface area (Å²) in [4.78, 5) is 14.5. The molecule has 0 spiro atoms. The predicted octanol–water partition coefficient (Wildman–Crippen LogP) is 3.24. The van der Waals surface area contributed by atoms with Crippen LogP contribution in [0.5, 0.6) is 0 Å². The second-order valence-electron chi connectivity index (χ2n) is 4.44. The monoisotopic (exact) mass is 338 g/mol. The molecule has 2 N–H and O–H groups in total. The predicted molar refractivity (Wildman–Crippen MR) is 82.1 cm³/mol. The number of hydrogen-bond donors (Lipinski definition) is 1. The summed E-state index contributed by atoms with van der Waals surface area (Å²) in [6.07, 6.45) is 0. The van der Waals surface area contributed by atoms with Gasteiger partial charge >= 0.3 is 0 Å². The highest BCUT2D eigenvalue weighted by molar-refractivity contribution is 9.11. The van der Waals surface area contributed by atoms with Crippen molar-refractivity contribution in [3.8, 4) is 0 Å². The summed E-state index contributed by atoms with van der Waals surface area (Å²) in [6, 6.07) is 11.6. The average molecular weight is 339 g/mol. The second kappa shape index (κ2) is 6.32. The summed E-state index contributed by atoms with van der Waals surface area (Å²) in [5.74, 6) is -0.386. The van der Waals surface area contributed by atoms with E-state index >= 15 is 0 Å². The SMILES string of the molecule is CN(Cc1ccc(C(N)=O)cc1)Cc1ccc(Br)s1. The molecule has 0 aliphatic carbocycles. The van der Waals surface area contributed by atoms with Gasteiger partial charge in [-0.1, -0.05) is 12.1 Å². The van der Waals surface area contributed by atoms with Gasteiger partial charge in [0.05, 0.1) is 3.79 Å². The zero-order valence-corrected chi connectivity index (χ0v) is 13.0. The number of nitrogens with zero attached hydrogens (tertiary/aromatic N) is 1. The fourth-order valence-electron chi connectivity index (χ4n) is 1.84. The molecular formula is C14H15BrN2OS. The van der Waals surface area contributed by atoms with Crippen LogP contribution in [0, 0.1) is 0 Å². The first-order valence-corrected chi connectivity index (χ1v) is 7.47. The van der Waals surface area contributed by atoms with Crippen LogP contribution >= 0.6 is 27.3 Å². The molecule has 0 saturated carbocycles. The fourth-order valence-corrected chi connectivity index (χ4v) is 3.41. The maximum absolute atomic E-state index is 11.0. The van der Waals surface area contributed by atoms with Crippen molar-refractivity contribution in [3.63, 3.8) is 0 Å². The van der Waals surface area contributed by atoms with Crippen LogP contribution in [0.15, 0.2) is 40.2 Å². The van der Waals surface area contributed by atoms with Crippen LogP contribution in [0.2, 0.25) is 0 Å². The standard InChI is InChI=1S/C14H15BrN2OS/c1-17(9-12-6-7-13(15)19-12)8-10-2-4-11(5-3-10)14(16)18/h2-7H,8-9H2,1H3,(H2,16,18). The van der Waals surface area contributed by atoms with E-state index in [2.05, 4.69) is 40.0 Å². The number of primary amides is 1. The molecule has 0 bridgehead atoms. The highest BCUT2D eigenvalue weighted by Crippen LogP contribution is 2.23. The molecule has 1 heterocycles. The van der Waals surface area contributed by atoms with Gasteiger partial charge in [0.25, 0.3) is 0 Å². The molecule has 1 aromatic carbocycles. The van der Waals surface area contributed by atoms with Crippen molar-refractivity contribution < 1.29 is 4.79 Å². The van der Waals surface area contributed by atoms with E-state index in [1.807, 2.05) is 12.1 Å². The minimum atomic E-state index is -0.386. The molecule has 2 aromatic rings. The van der Waals surface area contributed by atoms with Crippen molar-refractivity contribution in [2.75, 3.05) is 7.05 Å². The summed E-state index contributed by atoms with van der Waals surface area (Å²) in [5, 5.41) is 0. The molecule has 0 unspecified atom stereocenters. The Morgan fingerprint density at radius 1 is 1.21 bits per heavy atom. The lowest BCUT2D eigenvalue weighted by molar-refractivity contribution is 0.100. The average Bonchev–Trinajstić information content (AvgIpc) is 2.75. The summed E-state index contributed by atoms with van der Waals surface area (Å²) in [7, 11) is 2.08. The van der Waals surface area contributed by atoms with Crippen molar-refractivity contribution in [1.29, 1.82) is 0 Å². The zero-order valence-electron chi connectivity index (χ0n) is 10.6. The first-order chi connectivity index (χ1) is 9.04. The van der Waals surface area contributed by atoms with Crippen LogP contribution in [0.1, 0.15) is 20.8 Å². The summed E-state index contributed by atoms with van der Waals surface area (Å²) in [6.45, 7) is 1.75. The number of carbonyl (C=O) groups excluding carboxylic acids is 1. The Labute approximate surface area is 125 Å². The minimum Gasteiger partial charge on any atom is -0.366 e. The van der Waals surface area contributed by atoms with E-state index in [4.69, 9.17) is 5.73 Å². The number of hydrogen-bond acceptors (Lipinski definition) is 3. The number of carbonyl (C=O) groups is 1. The van der Waals surface area contributed by atoms with Crippen molar-refractivity contribution >= 4 is 33.2 Å². The van der Waals surface area contributed by atoms with Gasteiger partial charge in [-0.05, 0) is 52.8 Å². The minimum absolute atomic E-state index is 0.386. The molecule has 1 amide bonds. The quantitative estimate of drug-likeness (QED) is 0.909. The first-order valence-electron chi connectivity index (χ1n) is 5.86. The van der Waals surface area contributed by atoms with Gasteiger partial charge in [0.1, 0.15) is 0 Å². The van der Waals surface area contributed by atoms with Gasteiger partial charge in [0.15, 0.2) is 0 Å². The Bertz CT molecular complexity index is 565. The molecule has 0 radical (unpaired) electrons. The molecule has 0 aliphatic heterocycles. The van der Waals surface area contributed by atoms with Gasteiger partial charge in [0.2, 0.25) is 5.91 Å². The fraction of sp³-hybridized carbons (Fsp3) is 0.214. The highest BCUT2D eigenvalue weighted by atomic mass is 79.9. The smallest absolute Gasteiger partial charge is 0.248 e. The molecule has 5 heteroatoms. The van der Waals surface area contributed by atoms with Crippen LogP contribution in [0.25, 0.3) is 0 Å². The third kappa shape index (κ3) is 4.16. The Hall–Kier alpha value is -1.17. The maximum atomic E-state index is 11.0. The normalized spacial score (nSPS) is 10.9. The van der Waals surface area contributed by atoms with Crippen LogP contribution in [-0.2, 0) is 13.1 Å². The van der Waals surface area contributed by atoms with E-state index in [1.165, 1.54) is 10.4 Å². The van der Waals surface area contributed by atoms with Gasteiger partial charge in [0, 0.05) is 23.5 Å². The number of benzene rings is 1. The topological polar surface area (TPSA) is 46.3 Å². The Morgan fingerprint density at radius 2 is 1.89 bits per heavy atom. The molecule has 0 atom stereocenters. The van der Waals surface area contributed by atoms with Crippen LogP contribution < -0.4 is 5.73 Å². The Balaban J connectivity index is 1.94. The number of halogens is 1. The van der Waals surface area contributed by atoms with Gasteiger partial charge in [-0.15, -0.1) is 11.3 Å². The van der Waals surface area contributed by atoms with Crippen LogP contribution in [-0.4, -0.2) is 17.9 Å². The Morgan fingerprint density at radius 3 is 2.42 bits per heavy atom. The van der Waals surface area contributed by atoms with E-state index in [9.17, 15) is 4.79 Å². The molecule has 0 fully saturated rings. The molecule has 3 nitrogen and oxygen atoms in total. The van der Waals surface area contributed by atoms with Crippen molar-refractivity contribution in [2.24, 2.45) is 5.73 Å². The molecule has 2 rings (SSSR count). The van der Waals surface area contributed by atoms with Gasteiger partial charge in [-0.25, -0.2) is 0 Å². The maximum Gasteiger partial charge on any atom is 0.248 e. The van der Waals surface area contributed by atoms with Gasteiger partial charge in [-0.2, -0.15) is 0 Å². The molecular weight excluding hydrogens is 324 g/mol. The summed E-state index contributed by atoms with van der Waals surface area (Å²) >= 11 is 5.21. The molecule has 0 aliphatic rings. The third-order valence-electron chi connectivity index (χ3n) is 2.75. The largest absolute Gasteiger partial charge is 0.366 e. The van der Waals surface area contributed by atoms with E-state index in [-0.39, 0.29) is 5.91 Å². The lowest BCUT2D eigenvalue weighted by atomic mass is 10.1. The lowest BCUT2D eigenvalue weighted by Crippen LogP contribution is -2.17. The number of rotatable bonds is 5. The van der Waals surface area contributed by atoms with Gasteiger partial charge in [-0.3, -0.25) is 9.69 Å². The highest BCUT2D eigenvalue weighted by Gasteiger charge is 2.05. The van der Waals surface area contributed by atoms with E-state index in [0.29, 0.717) is 5.56 Å². The second-order valence-corrected chi connectivity index (χ2v) is 6.99. The van der Waals surface area contributed by atoms with Crippen LogP contribution in [0.3, 0.4) is 0 Å². The van der Waals surface area contributed by atoms with Crippen molar-refractivity contribution in [3.05, 3.63) is 56.2 Å². The van der Waals surface area contributed by atoms with Crippen molar-refractivity contribution in [2.45, 2.75) is 13.1 Å². The zero-order chi connectivity index (χ0) is 13.8. The van der Waals surface area contributed by atoms with Crippen molar-refractivity contribution in [1.82, 2.24) is 4.90 Å². The Kier molecular flexibility index (Phi) is 4.74. The first kappa shape index (κ1) is 14.2. The van der Waals surface area contributed by atoms with Gasteiger partial charge < -0.3 is 5.73 Å². The number of amides is 1. The summed E-state index contributed by atoms with van der Waals surface area (Å²) in [5.41, 5.74) is 6.94. The molecule has 1 aromatic heterocycles. The third-order valence-corrected chi connectivity index (χ3v) is 4.35.